The van der Waals surface area contributed by atoms with Gasteiger partial charge in [0.05, 0.1) is 0 Å². The van der Waals surface area contributed by atoms with Gasteiger partial charge in [-0.2, -0.15) is 0 Å². The standard InChI is InChI=1S/C18H18N2O3/c1-19(18(21)16-11-17(16)20(22)23)12-13-7-9-15(10-8-13)14-5-3-2-4-6-14/h2-10,16-17H,11-12H2,1H3/t16-,17-/m0/s1. The lowest BCUT2D eigenvalue weighted by atomic mass is 10.0. The molecule has 23 heavy (non-hydrogen) atoms. The SMILES string of the molecule is CN(Cc1ccc(-c2ccccc2)cc1)C(=O)[C@H]1C[C@@H]1[N+](=O)[O-]. The molecule has 3 rings (SSSR count). The first kappa shape index (κ1) is 15.2. The fourth-order valence-corrected chi connectivity index (χ4v) is 2.75. The monoisotopic (exact) mass is 310 g/mol. The fraction of sp³-hybridized carbons (Fsp3) is 0.278. The van der Waals surface area contributed by atoms with Crippen molar-refractivity contribution in [3.8, 4) is 11.1 Å². The number of amides is 1. The van der Waals surface area contributed by atoms with Crippen LogP contribution in [0.15, 0.2) is 54.6 Å². The zero-order valence-electron chi connectivity index (χ0n) is 12.9. The molecule has 0 radical (unpaired) electrons. The molecule has 2 aromatic carbocycles. The molecule has 2 aromatic rings. The summed E-state index contributed by atoms with van der Waals surface area (Å²) in [6.45, 7) is 0.467. The highest BCUT2D eigenvalue weighted by molar-refractivity contribution is 5.81. The van der Waals surface area contributed by atoms with E-state index in [0.29, 0.717) is 13.0 Å². The van der Waals surface area contributed by atoms with Crippen LogP contribution in [0.2, 0.25) is 0 Å². The number of carbonyl (C=O) groups excluding carboxylic acids is 1. The first-order valence-electron chi connectivity index (χ1n) is 7.59. The Labute approximate surface area is 134 Å². The third-order valence-electron chi connectivity index (χ3n) is 4.20. The average molecular weight is 310 g/mol. The number of rotatable bonds is 5. The third kappa shape index (κ3) is 3.39. The molecule has 5 heteroatoms. The molecule has 2 atom stereocenters. The largest absolute Gasteiger partial charge is 0.341 e. The van der Waals surface area contributed by atoms with Crippen LogP contribution in [0.1, 0.15) is 12.0 Å². The molecule has 0 aliphatic heterocycles. The van der Waals surface area contributed by atoms with Crippen LogP contribution < -0.4 is 0 Å². The van der Waals surface area contributed by atoms with Gasteiger partial charge in [-0.25, -0.2) is 0 Å². The molecule has 0 N–H and O–H groups in total. The van der Waals surface area contributed by atoms with Crippen LogP contribution in [0.4, 0.5) is 0 Å². The molecule has 1 aliphatic rings. The number of hydrogen-bond donors (Lipinski definition) is 0. The summed E-state index contributed by atoms with van der Waals surface area (Å²) in [5, 5.41) is 10.7. The third-order valence-corrected chi connectivity index (χ3v) is 4.20. The van der Waals surface area contributed by atoms with E-state index in [0.717, 1.165) is 16.7 Å². The fourth-order valence-electron chi connectivity index (χ4n) is 2.75. The summed E-state index contributed by atoms with van der Waals surface area (Å²) in [5.41, 5.74) is 3.29. The summed E-state index contributed by atoms with van der Waals surface area (Å²) < 4.78 is 0. The van der Waals surface area contributed by atoms with Gasteiger partial charge in [0.2, 0.25) is 11.9 Å². The zero-order valence-corrected chi connectivity index (χ0v) is 12.9. The maximum atomic E-state index is 12.1. The molecule has 118 valence electrons. The van der Waals surface area contributed by atoms with E-state index in [4.69, 9.17) is 0 Å². The molecule has 1 fully saturated rings. The predicted molar refractivity (Wildman–Crippen MR) is 87.2 cm³/mol. The van der Waals surface area contributed by atoms with E-state index in [-0.39, 0.29) is 10.8 Å². The molecule has 0 unspecified atom stereocenters. The van der Waals surface area contributed by atoms with Crippen molar-refractivity contribution in [1.82, 2.24) is 4.90 Å². The van der Waals surface area contributed by atoms with E-state index in [1.165, 1.54) is 0 Å². The summed E-state index contributed by atoms with van der Waals surface area (Å²) in [6.07, 6.45) is 0.364. The molecule has 1 aliphatic carbocycles. The molecular weight excluding hydrogens is 292 g/mol. The Kier molecular flexibility index (Phi) is 4.10. The van der Waals surface area contributed by atoms with Crippen molar-refractivity contribution in [2.24, 2.45) is 5.92 Å². The van der Waals surface area contributed by atoms with Crippen LogP contribution in [0.25, 0.3) is 11.1 Å². The van der Waals surface area contributed by atoms with Gasteiger partial charge in [-0.3, -0.25) is 14.9 Å². The summed E-state index contributed by atoms with van der Waals surface area (Å²) in [6, 6.07) is 17.4. The van der Waals surface area contributed by atoms with Crippen molar-refractivity contribution < 1.29 is 9.72 Å². The number of hydrogen-bond acceptors (Lipinski definition) is 3. The van der Waals surface area contributed by atoms with E-state index in [1.807, 2.05) is 42.5 Å². The average Bonchev–Trinajstić information content (AvgIpc) is 3.36. The molecule has 0 bridgehead atoms. The van der Waals surface area contributed by atoms with Gasteiger partial charge >= 0.3 is 0 Å². The van der Waals surface area contributed by atoms with E-state index in [9.17, 15) is 14.9 Å². The minimum atomic E-state index is -0.689. The van der Waals surface area contributed by atoms with Gasteiger partial charge in [-0.15, -0.1) is 0 Å². The van der Waals surface area contributed by atoms with Gasteiger partial charge in [0.15, 0.2) is 0 Å². The Hall–Kier alpha value is -2.69. The van der Waals surface area contributed by atoms with E-state index >= 15 is 0 Å². The van der Waals surface area contributed by atoms with Crippen LogP contribution in [-0.2, 0) is 11.3 Å². The van der Waals surface area contributed by atoms with Gasteiger partial charge in [0, 0.05) is 24.9 Å². The van der Waals surface area contributed by atoms with Crippen molar-refractivity contribution in [3.63, 3.8) is 0 Å². The topological polar surface area (TPSA) is 63.5 Å². The van der Waals surface area contributed by atoms with Crippen LogP contribution in [0.5, 0.6) is 0 Å². The molecular formula is C18H18N2O3. The highest BCUT2D eigenvalue weighted by Gasteiger charge is 2.54. The van der Waals surface area contributed by atoms with Crippen LogP contribution >= 0.6 is 0 Å². The smallest absolute Gasteiger partial charge is 0.232 e. The second-order valence-corrected chi connectivity index (χ2v) is 5.95. The van der Waals surface area contributed by atoms with Crippen molar-refractivity contribution in [2.75, 3.05) is 7.05 Å². The Morgan fingerprint density at radius 3 is 2.30 bits per heavy atom. The number of nitro groups is 1. The first-order valence-corrected chi connectivity index (χ1v) is 7.59. The highest BCUT2D eigenvalue weighted by atomic mass is 16.6. The molecule has 5 nitrogen and oxygen atoms in total. The Morgan fingerprint density at radius 1 is 1.13 bits per heavy atom. The number of benzene rings is 2. The molecule has 0 aromatic heterocycles. The number of nitrogens with zero attached hydrogens (tertiary/aromatic N) is 2. The van der Waals surface area contributed by atoms with Crippen molar-refractivity contribution in [1.29, 1.82) is 0 Å². The highest BCUT2D eigenvalue weighted by Crippen LogP contribution is 2.34. The molecule has 1 saturated carbocycles. The maximum absolute atomic E-state index is 12.1. The van der Waals surface area contributed by atoms with Crippen LogP contribution in [0, 0.1) is 16.0 Å². The second kappa shape index (κ2) is 6.20. The normalized spacial score (nSPS) is 19.2. The van der Waals surface area contributed by atoms with Gasteiger partial charge in [0.25, 0.3) is 0 Å². The van der Waals surface area contributed by atoms with E-state index in [1.54, 1.807) is 11.9 Å². The second-order valence-electron chi connectivity index (χ2n) is 5.95. The molecule has 0 saturated heterocycles. The summed E-state index contributed by atoms with van der Waals surface area (Å²) >= 11 is 0. The first-order chi connectivity index (χ1) is 11.1. The molecule has 0 heterocycles. The summed E-state index contributed by atoms with van der Waals surface area (Å²) in [5.74, 6) is -0.586. The van der Waals surface area contributed by atoms with Gasteiger partial charge in [-0.1, -0.05) is 54.6 Å². The minimum Gasteiger partial charge on any atom is -0.341 e. The summed E-state index contributed by atoms with van der Waals surface area (Å²) in [7, 11) is 1.70. The molecule has 1 amide bonds. The lowest BCUT2D eigenvalue weighted by Gasteiger charge is -2.17. The minimum absolute atomic E-state index is 0.140. The summed E-state index contributed by atoms with van der Waals surface area (Å²) in [4.78, 5) is 24.0. The maximum Gasteiger partial charge on any atom is 0.232 e. The predicted octanol–water partition coefficient (Wildman–Crippen LogP) is 2.98. The van der Waals surface area contributed by atoms with Crippen molar-refractivity contribution in [3.05, 3.63) is 70.3 Å². The lowest BCUT2D eigenvalue weighted by molar-refractivity contribution is -0.497. The van der Waals surface area contributed by atoms with E-state index < -0.39 is 12.0 Å². The quantitative estimate of drug-likeness (QED) is 0.630. The van der Waals surface area contributed by atoms with Crippen LogP contribution in [-0.4, -0.2) is 28.8 Å². The molecule has 0 spiro atoms. The van der Waals surface area contributed by atoms with Crippen molar-refractivity contribution >= 4 is 5.91 Å². The lowest BCUT2D eigenvalue weighted by Crippen LogP contribution is -2.29. The number of carbonyl (C=O) groups is 1. The van der Waals surface area contributed by atoms with Gasteiger partial charge < -0.3 is 4.90 Å². The van der Waals surface area contributed by atoms with Gasteiger partial charge in [-0.05, 0) is 16.7 Å². The van der Waals surface area contributed by atoms with E-state index in [2.05, 4.69) is 12.1 Å². The Morgan fingerprint density at radius 2 is 1.74 bits per heavy atom. The van der Waals surface area contributed by atoms with Crippen molar-refractivity contribution in [2.45, 2.75) is 19.0 Å². The van der Waals surface area contributed by atoms with Crippen LogP contribution in [0.3, 0.4) is 0 Å². The van der Waals surface area contributed by atoms with Gasteiger partial charge in [0.1, 0.15) is 5.92 Å². The zero-order chi connectivity index (χ0) is 16.4. The Balaban J connectivity index is 1.62. The Bertz CT molecular complexity index is 713.